The average molecular weight is 334 g/mol. The van der Waals surface area contributed by atoms with Crippen LogP contribution in [0.2, 0.25) is 0 Å². The number of aromatic hydroxyl groups is 1. The van der Waals surface area contributed by atoms with Crippen LogP contribution in [-0.4, -0.2) is 60.3 Å². The number of rotatable bonds is 5. The van der Waals surface area contributed by atoms with Crippen molar-refractivity contribution in [3.63, 3.8) is 0 Å². The zero-order valence-corrected chi connectivity index (χ0v) is 13.4. The summed E-state index contributed by atoms with van der Waals surface area (Å²) < 4.78 is 10.6. The quantitative estimate of drug-likeness (QED) is 0.826. The number of hydrogen-bond donors (Lipinski definition) is 2. The first-order valence-corrected chi connectivity index (χ1v) is 8.23. The number of ether oxygens (including phenoxy) is 2. The minimum atomic E-state index is -0.492. The summed E-state index contributed by atoms with van der Waals surface area (Å²) in [5.74, 6) is -0.176. The van der Waals surface area contributed by atoms with E-state index >= 15 is 0 Å². The van der Waals surface area contributed by atoms with Gasteiger partial charge in [-0.05, 0) is 31.4 Å². The molecule has 2 amide bonds. The highest BCUT2D eigenvalue weighted by Gasteiger charge is 2.37. The van der Waals surface area contributed by atoms with Crippen LogP contribution in [0.15, 0.2) is 24.3 Å². The standard InChI is InChI=1S/C17H22N2O5/c20-14-3-1-2-4-15(14)24-11-16(21)18-13-5-8-19(17(13)22)12-6-9-23-10-7-12/h1-4,12-13,20H,5-11H2,(H,18,21). The van der Waals surface area contributed by atoms with E-state index in [1.165, 1.54) is 6.07 Å². The fourth-order valence-corrected chi connectivity index (χ4v) is 3.15. The molecule has 3 rings (SSSR count). The van der Waals surface area contributed by atoms with E-state index in [0.29, 0.717) is 26.2 Å². The molecule has 7 nitrogen and oxygen atoms in total. The molecule has 0 bridgehead atoms. The van der Waals surface area contributed by atoms with Gasteiger partial charge in [0.15, 0.2) is 18.1 Å². The van der Waals surface area contributed by atoms with Crippen molar-refractivity contribution in [1.29, 1.82) is 0 Å². The second-order valence-electron chi connectivity index (χ2n) is 6.04. The summed E-state index contributed by atoms with van der Waals surface area (Å²) in [5.41, 5.74) is 0. The van der Waals surface area contributed by atoms with Crippen molar-refractivity contribution >= 4 is 11.8 Å². The van der Waals surface area contributed by atoms with Crippen LogP contribution in [0, 0.1) is 0 Å². The average Bonchev–Trinajstić information content (AvgIpc) is 2.96. The van der Waals surface area contributed by atoms with Crippen molar-refractivity contribution in [2.45, 2.75) is 31.3 Å². The number of nitrogens with one attached hydrogen (secondary N) is 1. The van der Waals surface area contributed by atoms with Gasteiger partial charge in [0.25, 0.3) is 5.91 Å². The lowest BCUT2D eigenvalue weighted by Gasteiger charge is -2.31. The van der Waals surface area contributed by atoms with Crippen molar-refractivity contribution in [1.82, 2.24) is 10.2 Å². The van der Waals surface area contributed by atoms with E-state index in [9.17, 15) is 14.7 Å². The van der Waals surface area contributed by atoms with Crippen molar-refractivity contribution in [3.8, 4) is 11.5 Å². The number of hydrogen-bond acceptors (Lipinski definition) is 5. The normalized spacial score (nSPS) is 21.8. The minimum Gasteiger partial charge on any atom is -0.504 e. The van der Waals surface area contributed by atoms with Crippen molar-refractivity contribution in [2.24, 2.45) is 0 Å². The molecule has 130 valence electrons. The molecule has 2 heterocycles. The smallest absolute Gasteiger partial charge is 0.258 e. The van der Waals surface area contributed by atoms with Crippen LogP contribution >= 0.6 is 0 Å². The molecule has 2 saturated heterocycles. The van der Waals surface area contributed by atoms with Crippen molar-refractivity contribution in [3.05, 3.63) is 24.3 Å². The number of phenolic OH excluding ortho intramolecular Hbond substituents is 1. The summed E-state index contributed by atoms with van der Waals surface area (Å²) in [5, 5.41) is 12.3. The Balaban J connectivity index is 1.48. The number of nitrogens with zero attached hydrogens (tertiary/aromatic N) is 1. The van der Waals surface area contributed by atoms with E-state index in [1.54, 1.807) is 18.2 Å². The van der Waals surface area contributed by atoms with Gasteiger partial charge in [0.05, 0.1) is 0 Å². The summed E-state index contributed by atoms with van der Waals surface area (Å²) in [7, 11) is 0. The van der Waals surface area contributed by atoms with Gasteiger partial charge in [-0.15, -0.1) is 0 Å². The van der Waals surface area contributed by atoms with E-state index in [-0.39, 0.29) is 36.0 Å². The first-order valence-electron chi connectivity index (χ1n) is 8.23. The maximum absolute atomic E-state index is 12.5. The fourth-order valence-electron chi connectivity index (χ4n) is 3.15. The Kier molecular flexibility index (Phi) is 5.20. The Hall–Kier alpha value is -2.28. The van der Waals surface area contributed by atoms with Gasteiger partial charge in [-0.25, -0.2) is 0 Å². The molecular formula is C17H22N2O5. The largest absolute Gasteiger partial charge is 0.504 e. The van der Waals surface area contributed by atoms with Gasteiger partial charge in [0, 0.05) is 25.8 Å². The Morgan fingerprint density at radius 1 is 1.29 bits per heavy atom. The lowest BCUT2D eigenvalue weighted by molar-refractivity contribution is -0.135. The van der Waals surface area contributed by atoms with Crippen LogP contribution < -0.4 is 10.1 Å². The molecular weight excluding hydrogens is 312 g/mol. The first-order chi connectivity index (χ1) is 11.6. The van der Waals surface area contributed by atoms with E-state index in [1.807, 2.05) is 4.90 Å². The molecule has 7 heteroatoms. The third-order valence-corrected chi connectivity index (χ3v) is 4.43. The number of benzene rings is 1. The molecule has 1 unspecified atom stereocenters. The highest BCUT2D eigenvalue weighted by Crippen LogP contribution is 2.24. The summed E-state index contributed by atoms with van der Waals surface area (Å²) in [6.07, 6.45) is 2.31. The Morgan fingerprint density at radius 3 is 2.79 bits per heavy atom. The van der Waals surface area contributed by atoms with Gasteiger partial charge in [0.1, 0.15) is 6.04 Å². The zero-order chi connectivity index (χ0) is 16.9. The molecule has 0 aromatic heterocycles. The molecule has 2 N–H and O–H groups in total. The third-order valence-electron chi connectivity index (χ3n) is 4.43. The topological polar surface area (TPSA) is 88.1 Å². The lowest BCUT2D eigenvalue weighted by atomic mass is 10.1. The molecule has 1 aromatic carbocycles. The lowest BCUT2D eigenvalue weighted by Crippen LogP contribution is -2.47. The Bertz CT molecular complexity index is 600. The van der Waals surface area contributed by atoms with Gasteiger partial charge in [-0.1, -0.05) is 12.1 Å². The van der Waals surface area contributed by atoms with Crippen LogP contribution in [0.25, 0.3) is 0 Å². The SMILES string of the molecule is O=C(COc1ccccc1O)NC1CCN(C2CCOCC2)C1=O. The summed E-state index contributed by atoms with van der Waals surface area (Å²) in [6.45, 7) is 1.78. The number of carbonyl (C=O) groups is 2. The third kappa shape index (κ3) is 3.79. The molecule has 2 fully saturated rings. The van der Waals surface area contributed by atoms with E-state index in [0.717, 1.165) is 12.8 Å². The van der Waals surface area contributed by atoms with Crippen LogP contribution in [0.3, 0.4) is 0 Å². The predicted octanol–water partition coefficient (Wildman–Crippen LogP) is 0.667. The molecule has 2 aliphatic heterocycles. The van der Waals surface area contributed by atoms with Crippen LogP contribution in [0.4, 0.5) is 0 Å². The predicted molar refractivity (Wildman–Crippen MR) is 85.7 cm³/mol. The molecule has 24 heavy (non-hydrogen) atoms. The highest BCUT2D eigenvalue weighted by molar-refractivity contribution is 5.89. The van der Waals surface area contributed by atoms with Gasteiger partial charge in [-0.3, -0.25) is 9.59 Å². The van der Waals surface area contributed by atoms with Crippen molar-refractivity contribution in [2.75, 3.05) is 26.4 Å². The van der Waals surface area contributed by atoms with E-state index < -0.39 is 6.04 Å². The van der Waals surface area contributed by atoms with Crippen LogP contribution in [0.5, 0.6) is 11.5 Å². The number of likely N-dealkylation sites (tertiary alicyclic amines) is 1. The second kappa shape index (κ2) is 7.53. The molecule has 0 radical (unpaired) electrons. The number of phenols is 1. The van der Waals surface area contributed by atoms with Gasteiger partial charge in [-0.2, -0.15) is 0 Å². The summed E-state index contributed by atoms with van der Waals surface area (Å²) >= 11 is 0. The molecule has 0 aliphatic carbocycles. The van der Waals surface area contributed by atoms with Crippen LogP contribution in [0.1, 0.15) is 19.3 Å². The second-order valence-corrected chi connectivity index (χ2v) is 6.04. The Labute approximate surface area is 140 Å². The minimum absolute atomic E-state index is 0.0204. The molecule has 1 aromatic rings. The number of para-hydroxylation sites is 2. The Morgan fingerprint density at radius 2 is 2.04 bits per heavy atom. The monoisotopic (exact) mass is 334 g/mol. The van der Waals surface area contributed by atoms with E-state index in [4.69, 9.17) is 9.47 Å². The van der Waals surface area contributed by atoms with Crippen molar-refractivity contribution < 1.29 is 24.2 Å². The summed E-state index contributed by atoms with van der Waals surface area (Å²) in [4.78, 5) is 26.3. The fraction of sp³-hybridized carbons (Fsp3) is 0.529. The molecule has 0 spiro atoms. The van der Waals surface area contributed by atoms with Crippen LogP contribution in [-0.2, 0) is 14.3 Å². The highest BCUT2D eigenvalue weighted by atomic mass is 16.5. The maximum atomic E-state index is 12.5. The number of carbonyl (C=O) groups excluding carboxylic acids is 2. The van der Waals surface area contributed by atoms with Gasteiger partial charge >= 0.3 is 0 Å². The number of amides is 2. The first kappa shape index (κ1) is 16.6. The molecule has 1 atom stereocenters. The maximum Gasteiger partial charge on any atom is 0.258 e. The zero-order valence-electron chi connectivity index (χ0n) is 13.4. The van der Waals surface area contributed by atoms with Gasteiger partial charge in [0.2, 0.25) is 5.91 Å². The van der Waals surface area contributed by atoms with Gasteiger partial charge < -0.3 is 24.8 Å². The summed E-state index contributed by atoms with van der Waals surface area (Å²) in [6, 6.07) is 6.17. The molecule has 0 saturated carbocycles. The van der Waals surface area contributed by atoms with E-state index in [2.05, 4.69) is 5.32 Å². The molecule has 2 aliphatic rings.